The third-order valence-corrected chi connectivity index (χ3v) is 2.62. The van der Waals surface area contributed by atoms with Gasteiger partial charge in [-0.05, 0) is 25.1 Å². The van der Waals surface area contributed by atoms with Gasteiger partial charge < -0.3 is 15.6 Å². The number of esters is 1. The number of carbonyl (C=O) groups excluding carboxylic acids is 1. The Morgan fingerprint density at radius 3 is 2.80 bits per heavy atom. The van der Waals surface area contributed by atoms with Crippen molar-refractivity contribution in [1.82, 2.24) is 9.78 Å². The second kappa shape index (κ2) is 5.43. The normalized spacial score (nSPS) is 10.2. The van der Waals surface area contributed by atoms with Crippen LogP contribution in [-0.2, 0) is 4.74 Å². The Balaban J connectivity index is 2.31. The van der Waals surface area contributed by atoms with Crippen LogP contribution < -0.4 is 5.73 Å². The Hall–Kier alpha value is -2.83. The number of carboxylic acids is 1. The van der Waals surface area contributed by atoms with Crippen LogP contribution in [0, 0.1) is 0 Å². The van der Waals surface area contributed by atoms with Gasteiger partial charge in [0.05, 0.1) is 29.6 Å². The number of nitrogen functional groups attached to an aromatic ring is 1. The van der Waals surface area contributed by atoms with Gasteiger partial charge >= 0.3 is 11.9 Å². The van der Waals surface area contributed by atoms with Gasteiger partial charge in [-0.2, -0.15) is 5.10 Å². The number of aromatic nitrogens is 2. The van der Waals surface area contributed by atoms with Crippen LogP contribution in [0.2, 0.25) is 0 Å². The number of aromatic carboxylic acids is 1. The van der Waals surface area contributed by atoms with Gasteiger partial charge in [0.15, 0.2) is 0 Å². The highest BCUT2D eigenvalue weighted by Crippen LogP contribution is 2.17. The second-order valence-electron chi connectivity index (χ2n) is 3.97. The molecule has 1 heterocycles. The average molecular weight is 275 g/mol. The van der Waals surface area contributed by atoms with Crippen LogP contribution in [0.25, 0.3) is 5.69 Å². The number of nitrogens with zero attached hydrogens (tertiary/aromatic N) is 2. The molecule has 0 spiro atoms. The first-order chi connectivity index (χ1) is 9.52. The van der Waals surface area contributed by atoms with Crippen molar-refractivity contribution in [3.63, 3.8) is 0 Å². The zero-order valence-corrected chi connectivity index (χ0v) is 10.7. The molecule has 1 aromatic carbocycles. The maximum Gasteiger partial charge on any atom is 0.341 e. The molecule has 3 N–H and O–H groups in total. The minimum Gasteiger partial charge on any atom is -0.478 e. The van der Waals surface area contributed by atoms with E-state index in [4.69, 9.17) is 15.6 Å². The second-order valence-corrected chi connectivity index (χ2v) is 3.97. The van der Waals surface area contributed by atoms with Crippen molar-refractivity contribution in [1.29, 1.82) is 0 Å². The Kier molecular flexibility index (Phi) is 3.69. The summed E-state index contributed by atoms with van der Waals surface area (Å²) in [4.78, 5) is 22.4. The predicted octanol–water partition coefficient (Wildman–Crippen LogP) is 1.33. The molecule has 0 aliphatic heterocycles. The van der Waals surface area contributed by atoms with E-state index >= 15 is 0 Å². The summed E-state index contributed by atoms with van der Waals surface area (Å²) in [6.45, 7) is 2.00. The first-order valence-corrected chi connectivity index (χ1v) is 5.88. The lowest BCUT2D eigenvalue weighted by Gasteiger charge is -2.05. The Bertz CT molecular complexity index is 663. The average Bonchev–Trinajstić information content (AvgIpc) is 2.88. The highest BCUT2D eigenvalue weighted by atomic mass is 16.5. The summed E-state index contributed by atoms with van der Waals surface area (Å²) in [5.74, 6) is -1.56. The number of ether oxygens (including phenoxy) is 1. The molecule has 7 heteroatoms. The number of benzene rings is 1. The number of carboxylic acid groups (broad SMARTS) is 1. The highest BCUT2D eigenvalue weighted by Gasteiger charge is 2.12. The summed E-state index contributed by atoms with van der Waals surface area (Å²) in [6, 6.07) is 4.42. The smallest absolute Gasteiger partial charge is 0.341 e. The van der Waals surface area contributed by atoms with Crippen molar-refractivity contribution in [2.75, 3.05) is 12.3 Å². The molecule has 0 aliphatic rings. The van der Waals surface area contributed by atoms with Gasteiger partial charge in [-0.3, -0.25) is 0 Å². The van der Waals surface area contributed by atoms with E-state index in [1.165, 1.54) is 29.2 Å². The van der Waals surface area contributed by atoms with Crippen molar-refractivity contribution in [3.8, 4) is 5.69 Å². The molecule has 0 aliphatic carbocycles. The summed E-state index contributed by atoms with van der Waals surface area (Å²) in [5, 5.41) is 12.9. The molecular weight excluding hydrogens is 262 g/mol. The maximum atomic E-state index is 11.5. The summed E-state index contributed by atoms with van der Waals surface area (Å²) >= 11 is 0. The quantitative estimate of drug-likeness (QED) is 0.643. The molecule has 0 atom stereocenters. The van der Waals surface area contributed by atoms with E-state index in [0.717, 1.165) is 0 Å². The minimum atomic E-state index is -1.10. The summed E-state index contributed by atoms with van der Waals surface area (Å²) in [6.07, 6.45) is 2.87. The van der Waals surface area contributed by atoms with Gasteiger partial charge in [0, 0.05) is 11.9 Å². The van der Waals surface area contributed by atoms with E-state index in [1.54, 1.807) is 13.0 Å². The van der Waals surface area contributed by atoms with E-state index in [1.807, 2.05) is 0 Å². The lowest BCUT2D eigenvalue weighted by molar-refractivity contribution is 0.0526. The fourth-order valence-corrected chi connectivity index (χ4v) is 1.67. The third kappa shape index (κ3) is 2.61. The number of hydrogen-bond acceptors (Lipinski definition) is 5. The van der Waals surface area contributed by atoms with Crippen molar-refractivity contribution < 1.29 is 19.4 Å². The molecule has 0 saturated carbocycles. The molecule has 2 aromatic rings. The molecule has 0 unspecified atom stereocenters. The van der Waals surface area contributed by atoms with Gasteiger partial charge in [0.1, 0.15) is 0 Å². The van der Waals surface area contributed by atoms with Crippen molar-refractivity contribution >= 4 is 17.6 Å². The van der Waals surface area contributed by atoms with Gasteiger partial charge in [-0.1, -0.05) is 0 Å². The van der Waals surface area contributed by atoms with E-state index in [0.29, 0.717) is 11.3 Å². The highest BCUT2D eigenvalue weighted by molar-refractivity contribution is 5.94. The number of hydrogen-bond donors (Lipinski definition) is 2. The SMILES string of the molecule is CCOC(=O)c1cnn(-c2ccc(C(=O)O)c(N)c2)c1. The molecule has 1 aromatic heterocycles. The largest absolute Gasteiger partial charge is 0.478 e. The van der Waals surface area contributed by atoms with Crippen LogP contribution in [0.4, 0.5) is 5.69 Å². The Morgan fingerprint density at radius 2 is 2.20 bits per heavy atom. The molecule has 104 valence electrons. The van der Waals surface area contributed by atoms with Crippen molar-refractivity contribution in [2.45, 2.75) is 6.92 Å². The first kappa shape index (κ1) is 13.6. The number of nitrogens with two attached hydrogens (primary N) is 1. The molecule has 20 heavy (non-hydrogen) atoms. The molecule has 0 radical (unpaired) electrons. The van der Waals surface area contributed by atoms with Crippen LogP contribution in [0.1, 0.15) is 27.6 Å². The van der Waals surface area contributed by atoms with Gasteiger partial charge in [0.25, 0.3) is 0 Å². The van der Waals surface area contributed by atoms with Crippen molar-refractivity contribution in [3.05, 3.63) is 41.7 Å². The number of rotatable bonds is 4. The topological polar surface area (TPSA) is 107 Å². The van der Waals surface area contributed by atoms with Gasteiger partial charge in [-0.25, -0.2) is 14.3 Å². The van der Waals surface area contributed by atoms with E-state index < -0.39 is 11.9 Å². The van der Waals surface area contributed by atoms with Gasteiger partial charge in [-0.15, -0.1) is 0 Å². The van der Waals surface area contributed by atoms with E-state index in [2.05, 4.69) is 5.10 Å². The summed E-state index contributed by atoms with van der Waals surface area (Å²) < 4.78 is 6.28. The monoisotopic (exact) mass is 275 g/mol. The fraction of sp³-hybridized carbons (Fsp3) is 0.154. The van der Waals surface area contributed by atoms with Crippen LogP contribution in [0.5, 0.6) is 0 Å². The third-order valence-electron chi connectivity index (χ3n) is 2.62. The lowest BCUT2D eigenvalue weighted by atomic mass is 10.1. The van der Waals surface area contributed by atoms with Crippen LogP contribution >= 0.6 is 0 Å². The van der Waals surface area contributed by atoms with Crippen molar-refractivity contribution in [2.24, 2.45) is 0 Å². The summed E-state index contributed by atoms with van der Waals surface area (Å²) in [5.41, 5.74) is 6.68. The lowest BCUT2D eigenvalue weighted by Crippen LogP contribution is -2.05. The summed E-state index contributed by atoms with van der Waals surface area (Å²) in [7, 11) is 0. The maximum absolute atomic E-state index is 11.5. The zero-order valence-electron chi connectivity index (χ0n) is 10.7. The molecular formula is C13H13N3O4. The molecule has 2 rings (SSSR count). The molecule has 0 fully saturated rings. The predicted molar refractivity (Wildman–Crippen MR) is 70.9 cm³/mol. The Morgan fingerprint density at radius 1 is 1.45 bits per heavy atom. The zero-order chi connectivity index (χ0) is 14.7. The number of carbonyl (C=O) groups is 2. The standard InChI is InChI=1S/C13H13N3O4/c1-2-20-13(19)8-6-15-16(7-8)9-3-4-10(12(17)18)11(14)5-9/h3-7H,2,14H2,1H3,(H,17,18). The number of anilines is 1. The minimum absolute atomic E-state index is 0.0199. The molecule has 7 nitrogen and oxygen atoms in total. The Labute approximate surface area is 114 Å². The van der Waals surface area contributed by atoms with Crippen LogP contribution in [0.3, 0.4) is 0 Å². The van der Waals surface area contributed by atoms with E-state index in [9.17, 15) is 9.59 Å². The molecule has 0 saturated heterocycles. The fourth-order valence-electron chi connectivity index (χ4n) is 1.67. The van der Waals surface area contributed by atoms with E-state index in [-0.39, 0.29) is 17.9 Å². The first-order valence-electron chi connectivity index (χ1n) is 5.88. The molecule has 0 amide bonds. The van der Waals surface area contributed by atoms with Crippen LogP contribution in [-0.4, -0.2) is 33.4 Å². The van der Waals surface area contributed by atoms with Crippen LogP contribution in [0.15, 0.2) is 30.6 Å². The molecule has 0 bridgehead atoms. The van der Waals surface area contributed by atoms with Gasteiger partial charge in [0.2, 0.25) is 0 Å².